The van der Waals surface area contributed by atoms with Crippen molar-refractivity contribution in [2.45, 2.75) is 17.9 Å². The molecular formula is C11H11BrFN3O2S. The van der Waals surface area contributed by atoms with Gasteiger partial charge in [-0.1, -0.05) is 0 Å². The van der Waals surface area contributed by atoms with Gasteiger partial charge >= 0.3 is 0 Å². The van der Waals surface area contributed by atoms with Gasteiger partial charge < -0.3 is 0 Å². The highest BCUT2D eigenvalue weighted by molar-refractivity contribution is 9.10. The zero-order valence-electron chi connectivity index (χ0n) is 9.89. The molecule has 2 N–H and O–H groups in total. The number of aromatic nitrogens is 2. The monoisotopic (exact) mass is 347 g/mol. The van der Waals surface area contributed by atoms with E-state index >= 15 is 0 Å². The van der Waals surface area contributed by atoms with Crippen molar-refractivity contribution in [3.8, 4) is 0 Å². The van der Waals surface area contributed by atoms with Gasteiger partial charge in [-0.15, -0.1) is 0 Å². The van der Waals surface area contributed by atoms with Crippen LogP contribution < -0.4 is 4.72 Å². The number of benzene rings is 1. The molecule has 1 aromatic heterocycles. The van der Waals surface area contributed by atoms with E-state index in [9.17, 15) is 12.8 Å². The summed E-state index contributed by atoms with van der Waals surface area (Å²) in [5, 5.41) is 6.35. The lowest BCUT2D eigenvalue weighted by Gasteiger charge is -2.12. The van der Waals surface area contributed by atoms with Crippen LogP contribution in [0.3, 0.4) is 0 Å². The maximum absolute atomic E-state index is 13.4. The molecule has 2 rings (SSSR count). The molecule has 0 aliphatic heterocycles. The smallest absolute Gasteiger partial charge is 0.241 e. The summed E-state index contributed by atoms with van der Waals surface area (Å²) in [5.41, 5.74) is 0.696. The van der Waals surface area contributed by atoms with Crippen molar-refractivity contribution in [1.29, 1.82) is 0 Å². The maximum Gasteiger partial charge on any atom is 0.241 e. The highest BCUT2D eigenvalue weighted by atomic mass is 79.9. The first-order valence-electron chi connectivity index (χ1n) is 5.36. The fraction of sp³-hybridized carbons (Fsp3) is 0.182. The third-order valence-corrected chi connectivity index (χ3v) is 4.73. The minimum atomic E-state index is -3.78. The summed E-state index contributed by atoms with van der Waals surface area (Å²) in [6.07, 6.45) is 3.12. The standard InChI is InChI=1S/C11H11BrFN3O2S/c1-7(8-5-14-15-6-8)16-19(17,18)9-2-3-10(12)11(13)4-9/h2-7,16H,1H3,(H,14,15). The van der Waals surface area contributed by atoms with E-state index in [1.54, 1.807) is 13.1 Å². The number of H-pyrrole nitrogens is 1. The molecule has 102 valence electrons. The largest absolute Gasteiger partial charge is 0.285 e. The van der Waals surface area contributed by atoms with Crippen LogP contribution in [-0.2, 0) is 10.0 Å². The van der Waals surface area contributed by atoms with E-state index in [1.165, 1.54) is 18.3 Å². The molecular weight excluding hydrogens is 337 g/mol. The second-order valence-electron chi connectivity index (χ2n) is 3.95. The Kier molecular flexibility index (Phi) is 4.02. The van der Waals surface area contributed by atoms with Crippen molar-refractivity contribution in [3.05, 3.63) is 46.4 Å². The van der Waals surface area contributed by atoms with Crippen molar-refractivity contribution < 1.29 is 12.8 Å². The summed E-state index contributed by atoms with van der Waals surface area (Å²) < 4.78 is 40.2. The molecule has 0 bridgehead atoms. The Labute approximate surface area is 118 Å². The van der Waals surface area contributed by atoms with Crippen LogP contribution in [0.1, 0.15) is 18.5 Å². The predicted octanol–water partition coefficient (Wildman–Crippen LogP) is 2.35. The molecule has 8 heteroatoms. The minimum Gasteiger partial charge on any atom is -0.285 e. The van der Waals surface area contributed by atoms with E-state index in [4.69, 9.17) is 0 Å². The van der Waals surface area contributed by atoms with Crippen molar-refractivity contribution in [1.82, 2.24) is 14.9 Å². The van der Waals surface area contributed by atoms with Crippen LogP contribution in [0.15, 0.2) is 40.0 Å². The molecule has 0 saturated carbocycles. The lowest BCUT2D eigenvalue weighted by atomic mass is 10.2. The van der Waals surface area contributed by atoms with Crippen LogP contribution in [0.2, 0.25) is 0 Å². The Bertz CT molecular complexity index is 673. The van der Waals surface area contributed by atoms with Gasteiger partial charge in [-0.3, -0.25) is 5.10 Å². The van der Waals surface area contributed by atoms with Gasteiger partial charge in [0.25, 0.3) is 0 Å². The maximum atomic E-state index is 13.4. The number of halogens is 2. The molecule has 2 aromatic rings. The van der Waals surface area contributed by atoms with Crippen LogP contribution >= 0.6 is 15.9 Å². The van der Waals surface area contributed by atoms with Crippen LogP contribution in [0.5, 0.6) is 0 Å². The topological polar surface area (TPSA) is 74.8 Å². The van der Waals surface area contributed by atoms with Gasteiger partial charge in [0.15, 0.2) is 0 Å². The van der Waals surface area contributed by atoms with E-state index in [-0.39, 0.29) is 9.37 Å². The molecule has 0 aliphatic rings. The number of hydrogen-bond donors (Lipinski definition) is 2. The van der Waals surface area contributed by atoms with Crippen LogP contribution in [0.4, 0.5) is 4.39 Å². The fourth-order valence-electron chi connectivity index (χ4n) is 1.51. The first-order valence-corrected chi connectivity index (χ1v) is 7.64. The molecule has 0 spiro atoms. The van der Waals surface area contributed by atoms with E-state index in [1.807, 2.05) is 0 Å². The van der Waals surface area contributed by atoms with Gasteiger partial charge in [0.1, 0.15) is 5.82 Å². The average molecular weight is 348 g/mol. The summed E-state index contributed by atoms with van der Waals surface area (Å²) in [7, 11) is -3.78. The molecule has 5 nitrogen and oxygen atoms in total. The minimum absolute atomic E-state index is 0.122. The predicted molar refractivity (Wildman–Crippen MR) is 71.4 cm³/mol. The quantitative estimate of drug-likeness (QED) is 0.891. The Morgan fingerprint density at radius 3 is 2.79 bits per heavy atom. The van der Waals surface area contributed by atoms with Gasteiger partial charge in [0, 0.05) is 17.8 Å². The molecule has 1 aromatic carbocycles. The normalized spacial score (nSPS) is 13.4. The number of nitrogens with one attached hydrogen (secondary N) is 2. The van der Waals surface area contributed by atoms with Crippen molar-refractivity contribution in [2.75, 3.05) is 0 Å². The summed E-state index contributed by atoms with van der Waals surface area (Å²) in [6.45, 7) is 1.68. The molecule has 0 saturated heterocycles. The Balaban J connectivity index is 2.25. The fourth-order valence-corrected chi connectivity index (χ4v) is 3.00. The van der Waals surface area contributed by atoms with Crippen LogP contribution in [0, 0.1) is 5.82 Å². The highest BCUT2D eigenvalue weighted by Gasteiger charge is 2.20. The zero-order chi connectivity index (χ0) is 14.0. The van der Waals surface area contributed by atoms with E-state index in [0.717, 1.165) is 6.07 Å². The van der Waals surface area contributed by atoms with Crippen LogP contribution in [0.25, 0.3) is 0 Å². The molecule has 1 atom stereocenters. The summed E-state index contributed by atoms with van der Waals surface area (Å²) in [6, 6.07) is 3.19. The lowest BCUT2D eigenvalue weighted by Crippen LogP contribution is -2.26. The molecule has 0 radical (unpaired) electrons. The number of rotatable bonds is 4. The molecule has 0 aliphatic carbocycles. The third-order valence-electron chi connectivity index (χ3n) is 2.55. The van der Waals surface area contributed by atoms with Crippen LogP contribution in [-0.4, -0.2) is 18.6 Å². The second-order valence-corrected chi connectivity index (χ2v) is 6.52. The Morgan fingerprint density at radius 2 is 2.21 bits per heavy atom. The number of sulfonamides is 1. The Hall–Kier alpha value is -1.25. The molecule has 0 fully saturated rings. The lowest BCUT2D eigenvalue weighted by molar-refractivity contribution is 0.563. The van der Waals surface area contributed by atoms with Gasteiger partial charge in [0.05, 0.1) is 15.6 Å². The summed E-state index contributed by atoms with van der Waals surface area (Å²) in [5.74, 6) is -0.626. The van der Waals surface area contributed by atoms with Gasteiger partial charge in [-0.25, -0.2) is 17.5 Å². The SMILES string of the molecule is CC(NS(=O)(=O)c1ccc(Br)c(F)c1)c1cn[nH]c1. The van der Waals surface area contributed by atoms with E-state index in [2.05, 4.69) is 30.8 Å². The average Bonchev–Trinajstić information content (AvgIpc) is 2.85. The summed E-state index contributed by atoms with van der Waals surface area (Å²) >= 11 is 2.98. The first-order chi connectivity index (χ1) is 8.90. The summed E-state index contributed by atoms with van der Waals surface area (Å²) in [4.78, 5) is -0.122. The van der Waals surface area contributed by atoms with Gasteiger partial charge in [0.2, 0.25) is 10.0 Å². The molecule has 1 heterocycles. The van der Waals surface area contributed by atoms with E-state index in [0.29, 0.717) is 5.56 Å². The van der Waals surface area contributed by atoms with Crippen molar-refractivity contribution >= 4 is 26.0 Å². The molecule has 19 heavy (non-hydrogen) atoms. The Morgan fingerprint density at radius 1 is 1.47 bits per heavy atom. The number of hydrogen-bond acceptors (Lipinski definition) is 3. The number of nitrogens with zero attached hydrogens (tertiary/aromatic N) is 1. The molecule has 0 amide bonds. The van der Waals surface area contributed by atoms with Crippen molar-refractivity contribution in [3.63, 3.8) is 0 Å². The zero-order valence-corrected chi connectivity index (χ0v) is 12.3. The second kappa shape index (κ2) is 5.40. The molecule has 1 unspecified atom stereocenters. The highest BCUT2D eigenvalue weighted by Crippen LogP contribution is 2.21. The van der Waals surface area contributed by atoms with Gasteiger partial charge in [-0.05, 0) is 41.1 Å². The van der Waals surface area contributed by atoms with E-state index < -0.39 is 21.9 Å². The number of aromatic amines is 1. The van der Waals surface area contributed by atoms with Crippen molar-refractivity contribution in [2.24, 2.45) is 0 Å². The van der Waals surface area contributed by atoms with Gasteiger partial charge in [-0.2, -0.15) is 5.10 Å². The third kappa shape index (κ3) is 3.20. The first kappa shape index (κ1) is 14.2.